The Morgan fingerprint density at radius 3 is 2.60 bits per heavy atom. The molecule has 1 aliphatic heterocycles. The summed E-state index contributed by atoms with van der Waals surface area (Å²) in [5.41, 5.74) is 3.18. The van der Waals surface area contributed by atoms with Gasteiger partial charge in [-0.05, 0) is 61.2 Å². The highest BCUT2D eigenvalue weighted by Crippen LogP contribution is 2.35. The summed E-state index contributed by atoms with van der Waals surface area (Å²) >= 11 is 0. The number of benzene rings is 2. The third-order valence-corrected chi connectivity index (χ3v) is 7.02. The van der Waals surface area contributed by atoms with Crippen molar-refractivity contribution in [1.82, 2.24) is 19.7 Å². The van der Waals surface area contributed by atoms with E-state index in [4.69, 9.17) is 9.47 Å². The molecule has 2 aromatic carbocycles. The van der Waals surface area contributed by atoms with Gasteiger partial charge in [-0.2, -0.15) is 18.3 Å². The molecule has 0 saturated carbocycles. The quantitative estimate of drug-likeness (QED) is 0.253. The zero-order valence-corrected chi connectivity index (χ0v) is 23.4. The lowest BCUT2D eigenvalue weighted by Crippen LogP contribution is -2.34. The summed E-state index contributed by atoms with van der Waals surface area (Å²) in [6.45, 7) is 6.42. The van der Waals surface area contributed by atoms with Gasteiger partial charge in [-0.3, -0.25) is 4.79 Å². The van der Waals surface area contributed by atoms with Crippen molar-refractivity contribution in [2.45, 2.75) is 46.5 Å². The van der Waals surface area contributed by atoms with E-state index in [2.05, 4.69) is 16.1 Å². The second-order valence-electron chi connectivity index (χ2n) is 10.00. The van der Waals surface area contributed by atoms with Crippen molar-refractivity contribution >= 4 is 11.9 Å². The van der Waals surface area contributed by atoms with Gasteiger partial charge in [0.25, 0.3) is 0 Å². The van der Waals surface area contributed by atoms with E-state index in [1.54, 1.807) is 25.1 Å². The number of carbonyl (C=O) groups is 2. The number of aryl methyl sites for hydroxylation is 1. The minimum absolute atomic E-state index is 0.0549. The summed E-state index contributed by atoms with van der Waals surface area (Å²) in [7, 11) is 0. The van der Waals surface area contributed by atoms with Crippen molar-refractivity contribution in [2.24, 2.45) is 0 Å². The van der Waals surface area contributed by atoms with Gasteiger partial charge in [0.15, 0.2) is 11.5 Å². The van der Waals surface area contributed by atoms with Crippen molar-refractivity contribution in [2.75, 3.05) is 13.2 Å². The standard InChI is InChI=1S/C31H29F3N4O4/c1-4-41-30(40)25-16-35-38(29(25)31(32,33)34)28-7-5-6-26(36-28)24-14-19(2)8-11-27(24)42-18-21-9-10-23-17-37(20(3)39)13-12-22(23)15-21/h5-11,14-16H,4,12-13,17-18H2,1-3H3. The molecule has 0 saturated heterocycles. The Bertz CT molecular complexity index is 1650. The van der Waals surface area contributed by atoms with Crippen LogP contribution >= 0.6 is 0 Å². The van der Waals surface area contributed by atoms with E-state index in [0.29, 0.717) is 34.8 Å². The Morgan fingerprint density at radius 2 is 1.86 bits per heavy atom. The molecule has 0 unspecified atom stereocenters. The molecule has 0 atom stereocenters. The number of hydrogen-bond donors (Lipinski definition) is 0. The van der Waals surface area contributed by atoms with Gasteiger partial charge in [0, 0.05) is 25.6 Å². The number of hydrogen-bond acceptors (Lipinski definition) is 6. The van der Waals surface area contributed by atoms with Crippen LogP contribution in [0.25, 0.3) is 17.1 Å². The third-order valence-electron chi connectivity index (χ3n) is 7.02. The number of ether oxygens (including phenoxy) is 2. The Hall–Kier alpha value is -4.67. The minimum Gasteiger partial charge on any atom is -0.488 e. The number of fused-ring (bicyclic) bond motifs is 1. The van der Waals surface area contributed by atoms with Crippen LogP contribution in [0.3, 0.4) is 0 Å². The maximum absolute atomic E-state index is 14.1. The second kappa shape index (κ2) is 11.7. The molecule has 2 aromatic heterocycles. The van der Waals surface area contributed by atoms with Crippen LogP contribution in [0.2, 0.25) is 0 Å². The zero-order chi connectivity index (χ0) is 30.0. The van der Waals surface area contributed by atoms with Crippen molar-refractivity contribution in [1.29, 1.82) is 0 Å². The van der Waals surface area contributed by atoms with E-state index in [1.165, 1.54) is 18.6 Å². The lowest BCUT2D eigenvalue weighted by molar-refractivity contribution is -0.143. The predicted octanol–water partition coefficient (Wildman–Crippen LogP) is 5.92. The smallest absolute Gasteiger partial charge is 0.434 e. The van der Waals surface area contributed by atoms with Gasteiger partial charge in [0.05, 0.1) is 18.5 Å². The number of rotatable bonds is 7. The molecule has 3 heterocycles. The molecule has 4 aromatic rings. The van der Waals surface area contributed by atoms with Gasteiger partial charge >= 0.3 is 12.1 Å². The summed E-state index contributed by atoms with van der Waals surface area (Å²) < 4.78 is 53.8. The van der Waals surface area contributed by atoms with Crippen LogP contribution in [0.1, 0.15) is 52.2 Å². The van der Waals surface area contributed by atoms with Crippen molar-refractivity contribution in [3.63, 3.8) is 0 Å². The molecule has 5 rings (SSSR count). The largest absolute Gasteiger partial charge is 0.488 e. The minimum atomic E-state index is -4.88. The normalized spacial score (nSPS) is 13.0. The maximum Gasteiger partial charge on any atom is 0.434 e. The molecule has 0 spiro atoms. The highest BCUT2D eigenvalue weighted by Gasteiger charge is 2.41. The lowest BCUT2D eigenvalue weighted by Gasteiger charge is -2.28. The molecule has 0 N–H and O–H groups in total. The van der Waals surface area contributed by atoms with Crippen LogP contribution in [-0.4, -0.2) is 44.7 Å². The number of amides is 1. The van der Waals surface area contributed by atoms with E-state index in [1.807, 2.05) is 36.1 Å². The molecule has 42 heavy (non-hydrogen) atoms. The summed E-state index contributed by atoms with van der Waals surface area (Å²) in [5.74, 6) is -0.661. The number of esters is 1. The second-order valence-corrected chi connectivity index (χ2v) is 10.00. The van der Waals surface area contributed by atoms with Crippen molar-refractivity contribution < 1.29 is 32.2 Å². The Balaban J connectivity index is 1.44. The number of nitrogens with zero attached hydrogens (tertiary/aromatic N) is 4. The Labute approximate surface area is 240 Å². The average Bonchev–Trinajstić information content (AvgIpc) is 3.43. The predicted molar refractivity (Wildman–Crippen MR) is 148 cm³/mol. The van der Waals surface area contributed by atoms with Crippen LogP contribution in [-0.2, 0) is 35.3 Å². The zero-order valence-electron chi connectivity index (χ0n) is 23.4. The summed E-state index contributed by atoms with van der Waals surface area (Å²) in [4.78, 5) is 30.3. The molecule has 0 aliphatic carbocycles. The third kappa shape index (κ3) is 6.00. The first-order valence-corrected chi connectivity index (χ1v) is 13.4. The molecule has 1 amide bonds. The van der Waals surface area contributed by atoms with Crippen LogP contribution in [0.15, 0.2) is 60.8 Å². The molecule has 218 valence electrons. The fourth-order valence-corrected chi connectivity index (χ4v) is 4.94. The summed E-state index contributed by atoms with van der Waals surface area (Å²) in [6, 6.07) is 16.2. The Morgan fingerprint density at radius 1 is 1.05 bits per heavy atom. The Kier molecular flexibility index (Phi) is 8.02. The van der Waals surface area contributed by atoms with Gasteiger partial charge in [0.1, 0.15) is 17.9 Å². The highest BCUT2D eigenvalue weighted by atomic mass is 19.4. The van der Waals surface area contributed by atoms with E-state index >= 15 is 0 Å². The van der Waals surface area contributed by atoms with Gasteiger partial charge in [-0.1, -0.05) is 35.9 Å². The first-order chi connectivity index (χ1) is 20.0. The fourth-order valence-electron chi connectivity index (χ4n) is 4.94. The van der Waals surface area contributed by atoms with Crippen molar-refractivity contribution in [3.8, 4) is 22.8 Å². The summed E-state index contributed by atoms with van der Waals surface area (Å²) in [5, 5.41) is 3.84. The number of pyridine rings is 1. The van der Waals surface area contributed by atoms with Crippen molar-refractivity contribution in [3.05, 3.63) is 94.3 Å². The van der Waals surface area contributed by atoms with E-state index < -0.39 is 23.4 Å². The lowest BCUT2D eigenvalue weighted by atomic mass is 9.97. The van der Waals surface area contributed by atoms with Gasteiger partial charge in [0.2, 0.25) is 5.91 Å². The maximum atomic E-state index is 14.1. The van der Waals surface area contributed by atoms with Crippen LogP contribution in [0, 0.1) is 6.92 Å². The molecule has 0 radical (unpaired) electrons. The molecule has 8 nitrogen and oxygen atoms in total. The molecular weight excluding hydrogens is 549 g/mol. The highest BCUT2D eigenvalue weighted by molar-refractivity contribution is 5.90. The van der Waals surface area contributed by atoms with E-state index in [-0.39, 0.29) is 24.9 Å². The van der Waals surface area contributed by atoms with E-state index in [9.17, 15) is 22.8 Å². The number of carbonyl (C=O) groups excluding carboxylic acids is 2. The number of aromatic nitrogens is 3. The molecule has 1 aliphatic rings. The SMILES string of the molecule is CCOC(=O)c1cnn(-c2cccc(-c3cc(C)ccc3OCc3ccc4c(c3)CCN(C(C)=O)C4)n2)c1C(F)(F)F. The van der Waals surface area contributed by atoms with E-state index in [0.717, 1.165) is 29.3 Å². The van der Waals surface area contributed by atoms with Crippen LogP contribution < -0.4 is 4.74 Å². The fraction of sp³-hybridized carbons (Fsp3) is 0.290. The van der Waals surface area contributed by atoms with Gasteiger partial charge in [-0.25, -0.2) is 14.5 Å². The molecule has 0 fully saturated rings. The first-order valence-electron chi connectivity index (χ1n) is 13.4. The number of alkyl halides is 3. The molecule has 0 bridgehead atoms. The monoisotopic (exact) mass is 578 g/mol. The van der Waals surface area contributed by atoms with Gasteiger partial charge in [-0.15, -0.1) is 0 Å². The average molecular weight is 579 g/mol. The molecule has 11 heteroatoms. The number of halogens is 3. The molecular formula is C31H29F3N4O4. The topological polar surface area (TPSA) is 86.5 Å². The summed E-state index contributed by atoms with van der Waals surface area (Å²) in [6.07, 6.45) is -3.28. The van der Waals surface area contributed by atoms with Gasteiger partial charge < -0.3 is 14.4 Å². The first kappa shape index (κ1) is 28.8. The van der Waals surface area contributed by atoms with Crippen LogP contribution in [0.5, 0.6) is 5.75 Å². The van der Waals surface area contributed by atoms with Crippen LogP contribution in [0.4, 0.5) is 13.2 Å².